The first kappa shape index (κ1) is 18.3. The zero-order valence-electron chi connectivity index (χ0n) is 16.2. The highest BCUT2D eigenvalue weighted by Gasteiger charge is 2.28. The van der Waals surface area contributed by atoms with Crippen LogP contribution in [0.25, 0.3) is 11.1 Å². The molecular weight excluding hydrogens is 352 g/mol. The van der Waals surface area contributed by atoms with Gasteiger partial charge in [-0.05, 0) is 44.4 Å². The molecule has 7 heteroatoms. The topological polar surface area (TPSA) is 76.8 Å². The lowest BCUT2D eigenvalue weighted by molar-refractivity contribution is 0.0706. The van der Waals surface area contributed by atoms with Crippen LogP contribution in [0.15, 0.2) is 49.4 Å². The number of rotatable bonds is 4. The number of likely N-dealkylation sites (tertiary alicyclic amines) is 1. The molecule has 1 saturated heterocycles. The van der Waals surface area contributed by atoms with Crippen molar-refractivity contribution >= 4 is 5.91 Å². The number of nitrogens with zero attached hydrogens (tertiary/aromatic N) is 6. The molecule has 0 aromatic carbocycles. The van der Waals surface area contributed by atoms with Crippen molar-refractivity contribution in [1.29, 1.82) is 0 Å². The molecule has 144 valence electrons. The second-order valence-electron chi connectivity index (χ2n) is 7.45. The fourth-order valence-electron chi connectivity index (χ4n) is 3.72. The van der Waals surface area contributed by atoms with Crippen LogP contribution in [0.4, 0.5) is 0 Å². The maximum absolute atomic E-state index is 13.0. The van der Waals surface area contributed by atoms with Crippen molar-refractivity contribution in [3.05, 3.63) is 60.7 Å². The molecule has 1 fully saturated rings. The van der Waals surface area contributed by atoms with Crippen molar-refractivity contribution in [2.75, 3.05) is 13.1 Å². The molecule has 1 atom stereocenters. The van der Waals surface area contributed by atoms with Crippen LogP contribution in [0.5, 0.6) is 0 Å². The Morgan fingerprint density at radius 2 is 2.00 bits per heavy atom. The first-order valence-electron chi connectivity index (χ1n) is 9.67. The molecule has 1 unspecified atom stereocenters. The van der Waals surface area contributed by atoms with E-state index in [-0.39, 0.29) is 17.9 Å². The molecule has 28 heavy (non-hydrogen) atoms. The number of pyridine rings is 1. The van der Waals surface area contributed by atoms with Gasteiger partial charge in [0.15, 0.2) is 0 Å². The van der Waals surface area contributed by atoms with Gasteiger partial charge in [-0.1, -0.05) is 0 Å². The summed E-state index contributed by atoms with van der Waals surface area (Å²) in [5.41, 5.74) is 3.70. The van der Waals surface area contributed by atoms with Gasteiger partial charge >= 0.3 is 0 Å². The first-order chi connectivity index (χ1) is 13.6. The van der Waals surface area contributed by atoms with Gasteiger partial charge in [-0.3, -0.25) is 14.5 Å². The lowest BCUT2D eigenvalue weighted by atomic mass is 9.90. The van der Waals surface area contributed by atoms with E-state index >= 15 is 0 Å². The highest BCUT2D eigenvalue weighted by Crippen LogP contribution is 2.32. The molecule has 0 aliphatic carbocycles. The minimum atomic E-state index is 0.0381. The second-order valence-corrected chi connectivity index (χ2v) is 7.45. The molecule has 0 N–H and O–H groups in total. The number of hydrogen-bond acceptors (Lipinski definition) is 5. The SMILES string of the molecule is CC(C)n1cc(C(=O)N2CCCC(c3ncncc3-c3ccncc3)C2)cn1. The largest absolute Gasteiger partial charge is 0.338 e. The third-order valence-corrected chi connectivity index (χ3v) is 5.21. The summed E-state index contributed by atoms with van der Waals surface area (Å²) in [6.45, 7) is 5.51. The fraction of sp³-hybridized carbons (Fsp3) is 0.381. The molecule has 1 amide bonds. The van der Waals surface area contributed by atoms with Crippen LogP contribution >= 0.6 is 0 Å². The summed E-state index contributed by atoms with van der Waals surface area (Å²) in [5.74, 6) is 0.222. The van der Waals surface area contributed by atoms with Crippen LogP contribution in [0, 0.1) is 0 Å². The molecule has 1 aliphatic heterocycles. The average molecular weight is 376 g/mol. The molecule has 0 bridgehead atoms. The summed E-state index contributed by atoms with van der Waals surface area (Å²) < 4.78 is 1.82. The van der Waals surface area contributed by atoms with Gasteiger partial charge in [0.2, 0.25) is 0 Å². The quantitative estimate of drug-likeness (QED) is 0.698. The number of hydrogen-bond donors (Lipinski definition) is 0. The lowest BCUT2D eigenvalue weighted by Crippen LogP contribution is -2.39. The van der Waals surface area contributed by atoms with E-state index in [1.807, 2.05) is 48.0 Å². The van der Waals surface area contributed by atoms with Gasteiger partial charge in [-0.25, -0.2) is 9.97 Å². The van der Waals surface area contributed by atoms with Crippen LogP contribution in [-0.4, -0.2) is 48.6 Å². The predicted molar refractivity (Wildman–Crippen MR) is 106 cm³/mol. The van der Waals surface area contributed by atoms with Crippen LogP contribution in [0.2, 0.25) is 0 Å². The van der Waals surface area contributed by atoms with Crippen molar-refractivity contribution in [2.24, 2.45) is 0 Å². The zero-order chi connectivity index (χ0) is 19.5. The maximum atomic E-state index is 13.0. The molecule has 3 aromatic rings. The standard InChI is InChI=1S/C21H24N6O/c1-15(2)27-13-18(10-25-27)21(28)26-9-3-4-17(12-26)20-19(11-23-14-24-20)16-5-7-22-8-6-16/h5-8,10-11,13-15,17H,3-4,9,12H2,1-2H3. The van der Waals surface area contributed by atoms with Crippen LogP contribution < -0.4 is 0 Å². The van der Waals surface area contributed by atoms with E-state index in [0.717, 1.165) is 36.2 Å². The minimum Gasteiger partial charge on any atom is -0.338 e. The smallest absolute Gasteiger partial charge is 0.257 e. The highest BCUT2D eigenvalue weighted by atomic mass is 16.2. The van der Waals surface area contributed by atoms with Gasteiger partial charge in [-0.2, -0.15) is 5.10 Å². The Hall–Kier alpha value is -3.09. The monoisotopic (exact) mass is 376 g/mol. The fourth-order valence-corrected chi connectivity index (χ4v) is 3.72. The first-order valence-corrected chi connectivity index (χ1v) is 9.67. The van der Waals surface area contributed by atoms with Crippen molar-refractivity contribution in [3.63, 3.8) is 0 Å². The molecule has 7 nitrogen and oxygen atoms in total. The maximum Gasteiger partial charge on any atom is 0.257 e. The molecule has 4 rings (SSSR count). The number of aromatic nitrogens is 5. The van der Waals surface area contributed by atoms with E-state index in [4.69, 9.17) is 0 Å². The number of piperidine rings is 1. The van der Waals surface area contributed by atoms with Gasteiger partial charge in [0.25, 0.3) is 5.91 Å². The van der Waals surface area contributed by atoms with Gasteiger partial charge in [0, 0.05) is 55.4 Å². The predicted octanol–water partition coefficient (Wildman–Crippen LogP) is 3.34. The molecule has 0 spiro atoms. The van der Waals surface area contributed by atoms with E-state index in [1.165, 1.54) is 0 Å². The zero-order valence-corrected chi connectivity index (χ0v) is 16.2. The van der Waals surface area contributed by atoms with Crippen molar-refractivity contribution in [1.82, 2.24) is 29.6 Å². The number of carbonyl (C=O) groups excluding carboxylic acids is 1. The van der Waals surface area contributed by atoms with Gasteiger partial charge in [0.1, 0.15) is 6.33 Å². The molecule has 0 saturated carbocycles. The Morgan fingerprint density at radius 3 is 2.75 bits per heavy atom. The van der Waals surface area contributed by atoms with Gasteiger partial charge < -0.3 is 4.90 Å². The lowest BCUT2D eigenvalue weighted by Gasteiger charge is -2.33. The molecule has 0 radical (unpaired) electrons. The molecule has 3 aromatic heterocycles. The van der Waals surface area contributed by atoms with Gasteiger partial charge in [0.05, 0.1) is 17.5 Å². The summed E-state index contributed by atoms with van der Waals surface area (Å²) in [4.78, 5) is 27.8. The van der Waals surface area contributed by atoms with Crippen LogP contribution in [-0.2, 0) is 0 Å². The van der Waals surface area contributed by atoms with Crippen molar-refractivity contribution < 1.29 is 4.79 Å². The summed E-state index contributed by atoms with van der Waals surface area (Å²) in [7, 11) is 0. The minimum absolute atomic E-state index is 0.0381. The Labute approximate surface area is 164 Å². The Kier molecular flexibility index (Phi) is 5.14. The molecular formula is C21H24N6O. The average Bonchev–Trinajstić information content (AvgIpc) is 3.25. The van der Waals surface area contributed by atoms with Crippen LogP contribution in [0.1, 0.15) is 54.7 Å². The third kappa shape index (κ3) is 3.65. The van der Waals surface area contributed by atoms with Gasteiger partial charge in [-0.15, -0.1) is 0 Å². The Bertz CT molecular complexity index is 952. The van der Waals surface area contributed by atoms with E-state index in [2.05, 4.69) is 20.1 Å². The Morgan fingerprint density at radius 1 is 1.18 bits per heavy atom. The number of carbonyl (C=O) groups is 1. The van der Waals surface area contributed by atoms with E-state index < -0.39 is 0 Å². The number of amides is 1. The van der Waals surface area contributed by atoms with Crippen LogP contribution in [0.3, 0.4) is 0 Å². The Balaban J connectivity index is 1.57. The normalized spacial score (nSPS) is 17.1. The summed E-state index contributed by atoms with van der Waals surface area (Å²) in [6.07, 6.45) is 12.4. The summed E-state index contributed by atoms with van der Waals surface area (Å²) in [5, 5.41) is 4.31. The van der Waals surface area contributed by atoms with E-state index in [1.54, 1.807) is 24.9 Å². The molecule has 4 heterocycles. The van der Waals surface area contributed by atoms with Crippen molar-refractivity contribution in [3.8, 4) is 11.1 Å². The summed E-state index contributed by atoms with van der Waals surface area (Å²) >= 11 is 0. The van der Waals surface area contributed by atoms with Crippen molar-refractivity contribution in [2.45, 2.75) is 38.6 Å². The van der Waals surface area contributed by atoms with E-state index in [9.17, 15) is 4.79 Å². The second kappa shape index (κ2) is 7.88. The third-order valence-electron chi connectivity index (χ3n) is 5.21. The van der Waals surface area contributed by atoms with E-state index in [0.29, 0.717) is 12.1 Å². The molecule has 1 aliphatic rings. The summed E-state index contributed by atoms with van der Waals surface area (Å²) in [6, 6.07) is 4.17. The highest BCUT2D eigenvalue weighted by molar-refractivity contribution is 5.93.